The predicted octanol–water partition coefficient (Wildman–Crippen LogP) is 2.51. The van der Waals surface area contributed by atoms with Crippen molar-refractivity contribution in [3.63, 3.8) is 0 Å². The fourth-order valence-electron chi connectivity index (χ4n) is 1.42. The molecule has 0 aliphatic rings. The number of methoxy groups -OCH3 is 1. The number of aryl methyl sites for hydroxylation is 1. The molecule has 3 nitrogen and oxygen atoms in total. The van der Waals surface area contributed by atoms with Gasteiger partial charge in [-0.25, -0.2) is 0 Å². The molecule has 3 heteroatoms. The average Bonchev–Trinajstić information content (AvgIpc) is 2.63. The number of aromatic nitrogens is 1. The SMILES string of the molecule is COC(C)(C)CCn1cccc1C(C)=O. The Balaban J connectivity index is 2.65. The van der Waals surface area contributed by atoms with Gasteiger partial charge in [-0.15, -0.1) is 0 Å². The molecule has 0 aliphatic carbocycles. The first-order valence-corrected chi connectivity index (χ1v) is 5.17. The lowest BCUT2D eigenvalue weighted by molar-refractivity contribution is 0.0119. The van der Waals surface area contributed by atoms with E-state index < -0.39 is 0 Å². The van der Waals surface area contributed by atoms with Crippen LogP contribution in [0, 0.1) is 0 Å². The van der Waals surface area contributed by atoms with Crippen molar-refractivity contribution in [1.29, 1.82) is 0 Å². The van der Waals surface area contributed by atoms with Gasteiger partial charge in [-0.3, -0.25) is 4.79 Å². The smallest absolute Gasteiger partial charge is 0.176 e. The third kappa shape index (κ3) is 3.20. The molecule has 0 N–H and O–H groups in total. The van der Waals surface area contributed by atoms with E-state index in [1.54, 1.807) is 14.0 Å². The van der Waals surface area contributed by atoms with E-state index in [1.807, 2.05) is 36.7 Å². The van der Waals surface area contributed by atoms with Gasteiger partial charge in [0.2, 0.25) is 0 Å². The molecule has 0 aliphatic heterocycles. The number of carbonyl (C=O) groups is 1. The molecule has 0 saturated carbocycles. The highest BCUT2D eigenvalue weighted by atomic mass is 16.5. The third-order valence-electron chi connectivity index (χ3n) is 2.70. The molecule has 1 aromatic rings. The van der Waals surface area contributed by atoms with Gasteiger partial charge in [-0.05, 0) is 32.4 Å². The molecule has 0 aromatic carbocycles. The zero-order valence-corrected chi connectivity index (χ0v) is 9.91. The molecule has 84 valence electrons. The van der Waals surface area contributed by atoms with Crippen molar-refractivity contribution in [1.82, 2.24) is 4.57 Å². The lowest BCUT2D eigenvalue weighted by Gasteiger charge is -2.23. The quantitative estimate of drug-likeness (QED) is 0.698. The Labute approximate surface area is 91.0 Å². The summed E-state index contributed by atoms with van der Waals surface area (Å²) in [5.41, 5.74) is 0.625. The lowest BCUT2D eigenvalue weighted by atomic mass is 10.1. The van der Waals surface area contributed by atoms with E-state index in [9.17, 15) is 4.79 Å². The van der Waals surface area contributed by atoms with Crippen LogP contribution in [0.3, 0.4) is 0 Å². The van der Waals surface area contributed by atoms with Crippen LogP contribution < -0.4 is 0 Å². The number of Topliss-reactive ketones (excluding diaryl/α,β-unsaturated/α-hetero) is 1. The molecule has 15 heavy (non-hydrogen) atoms. The fraction of sp³-hybridized carbons (Fsp3) is 0.583. The van der Waals surface area contributed by atoms with Crippen LogP contribution in [0.15, 0.2) is 18.3 Å². The van der Waals surface area contributed by atoms with E-state index >= 15 is 0 Å². The molecule has 1 heterocycles. The van der Waals surface area contributed by atoms with Crippen LogP contribution in [0.1, 0.15) is 37.7 Å². The number of ketones is 1. The van der Waals surface area contributed by atoms with E-state index in [0.717, 1.165) is 18.7 Å². The summed E-state index contributed by atoms with van der Waals surface area (Å²) in [6.45, 7) is 6.49. The molecule has 0 fully saturated rings. The second-order valence-electron chi connectivity index (χ2n) is 4.36. The van der Waals surface area contributed by atoms with Crippen molar-refractivity contribution in [3.8, 4) is 0 Å². The summed E-state index contributed by atoms with van der Waals surface area (Å²) < 4.78 is 7.31. The molecule has 0 atom stereocenters. The first kappa shape index (κ1) is 12.0. The van der Waals surface area contributed by atoms with Gasteiger partial charge >= 0.3 is 0 Å². The summed E-state index contributed by atoms with van der Waals surface area (Å²) in [7, 11) is 1.71. The Bertz CT molecular complexity index is 339. The molecule has 0 unspecified atom stereocenters. The van der Waals surface area contributed by atoms with Crippen molar-refractivity contribution in [2.45, 2.75) is 39.3 Å². The minimum atomic E-state index is -0.141. The highest BCUT2D eigenvalue weighted by Crippen LogP contribution is 2.15. The summed E-state index contributed by atoms with van der Waals surface area (Å²) in [6.07, 6.45) is 2.82. The van der Waals surface area contributed by atoms with Crippen LogP contribution in [0.2, 0.25) is 0 Å². The molecule has 1 aromatic heterocycles. The van der Waals surface area contributed by atoms with E-state index in [-0.39, 0.29) is 11.4 Å². The molecular weight excluding hydrogens is 190 g/mol. The number of rotatable bonds is 5. The monoisotopic (exact) mass is 209 g/mol. The average molecular weight is 209 g/mol. The van der Waals surface area contributed by atoms with Gasteiger partial charge in [0.25, 0.3) is 0 Å². The number of hydrogen-bond donors (Lipinski definition) is 0. The highest BCUT2D eigenvalue weighted by molar-refractivity contribution is 5.92. The largest absolute Gasteiger partial charge is 0.379 e. The number of hydrogen-bond acceptors (Lipinski definition) is 2. The van der Waals surface area contributed by atoms with Crippen LogP contribution in [-0.2, 0) is 11.3 Å². The highest BCUT2D eigenvalue weighted by Gasteiger charge is 2.16. The summed E-state index contributed by atoms with van der Waals surface area (Å²) in [5, 5.41) is 0. The number of nitrogens with zero attached hydrogens (tertiary/aromatic N) is 1. The van der Waals surface area contributed by atoms with Gasteiger partial charge < -0.3 is 9.30 Å². The Morgan fingerprint density at radius 2 is 2.20 bits per heavy atom. The van der Waals surface area contributed by atoms with Crippen molar-refractivity contribution in [2.75, 3.05) is 7.11 Å². The maximum atomic E-state index is 11.3. The normalized spacial score (nSPS) is 11.7. The fourth-order valence-corrected chi connectivity index (χ4v) is 1.42. The number of carbonyl (C=O) groups excluding carboxylic acids is 1. The van der Waals surface area contributed by atoms with E-state index in [4.69, 9.17) is 4.74 Å². The number of ether oxygens (including phenoxy) is 1. The standard InChI is InChI=1S/C12H19NO2/c1-10(14)11-6-5-8-13(11)9-7-12(2,3)15-4/h5-6,8H,7,9H2,1-4H3. The zero-order chi connectivity index (χ0) is 11.5. The molecule has 0 amide bonds. The Kier molecular flexibility index (Phi) is 3.69. The third-order valence-corrected chi connectivity index (χ3v) is 2.70. The minimum absolute atomic E-state index is 0.107. The second-order valence-corrected chi connectivity index (χ2v) is 4.36. The molecule has 1 rings (SSSR count). The molecule has 0 radical (unpaired) electrons. The molecule has 0 saturated heterocycles. The second kappa shape index (κ2) is 4.62. The Morgan fingerprint density at radius 1 is 1.53 bits per heavy atom. The van der Waals surface area contributed by atoms with Crippen molar-refractivity contribution >= 4 is 5.78 Å². The van der Waals surface area contributed by atoms with Crippen molar-refractivity contribution in [3.05, 3.63) is 24.0 Å². The van der Waals surface area contributed by atoms with Crippen LogP contribution in [0.5, 0.6) is 0 Å². The van der Waals surface area contributed by atoms with E-state index in [0.29, 0.717) is 0 Å². The maximum absolute atomic E-state index is 11.3. The van der Waals surface area contributed by atoms with Crippen molar-refractivity contribution < 1.29 is 9.53 Å². The van der Waals surface area contributed by atoms with Gasteiger partial charge in [-0.1, -0.05) is 0 Å². The summed E-state index contributed by atoms with van der Waals surface area (Å²) >= 11 is 0. The van der Waals surface area contributed by atoms with Gasteiger partial charge in [0, 0.05) is 26.8 Å². The van der Waals surface area contributed by atoms with Crippen LogP contribution in [-0.4, -0.2) is 23.1 Å². The van der Waals surface area contributed by atoms with E-state index in [2.05, 4.69) is 0 Å². The summed E-state index contributed by atoms with van der Waals surface area (Å²) in [6, 6.07) is 3.75. The van der Waals surface area contributed by atoms with Crippen LogP contribution >= 0.6 is 0 Å². The molecule has 0 spiro atoms. The summed E-state index contributed by atoms with van der Waals surface area (Å²) in [4.78, 5) is 11.3. The topological polar surface area (TPSA) is 31.2 Å². The van der Waals surface area contributed by atoms with Gasteiger partial charge in [0.05, 0.1) is 11.3 Å². The van der Waals surface area contributed by atoms with Crippen molar-refractivity contribution in [2.24, 2.45) is 0 Å². The predicted molar refractivity (Wildman–Crippen MR) is 60.1 cm³/mol. The van der Waals surface area contributed by atoms with Crippen LogP contribution in [0.4, 0.5) is 0 Å². The minimum Gasteiger partial charge on any atom is -0.379 e. The summed E-state index contributed by atoms with van der Waals surface area (Å²) in [5.74, 6) is 0.107. The first-order chi connectivity index (χ1) is 6.96. The van der Waals surface area contributed by atoms with Gasteiger partial charge in [0.1, 0.15) is 0 Å². The molecule has 0 bridgehead atoms. The lowest BCUT2D eigenvalue weighted by Crippen LogP contribution is -2.24. The Hall–Kier alpha value is -1.09. The maximum Gasteiger partial charge on any atom is 0.176 e. The Morgan fingerprint density at radius 3 is 2.73 bits per heavy atom. The van der Waals surface area contributed by atoms with Gasteiger partial charge in [0.15, 0.2) is 5.78 Å². The molecular formula is C12H19NO2. The first-order valence-electron chi connectivity index (χ1n) is 5.17. The zero-order valence-electron chi connectivity index (χ0n) is 9.91. The van der Waals surface area contributed by atoms with Gasteiger partial charge in [-0.2, -0.15) is 0 Å². The van der Waals surface area contributed by atoms with Crippen LogP contribution in [0.25, 0.3) is 0 Å². The van der Waals surface area contributed by atoms with E-state index in [1.165, 1.54) is 0 Å².